The van der Waals surface area contributed by atoms with E-state index in [0.717, 1.165) is 18.5 Å². The van der Waals surface area contributed by atoms with E-state index in [2.05, 4.69) is 10.6 Å². The van der Waals surface area contributed by atoms with Crippen molar-refractivity contribution in [3.8, 4) is 0 Å². The van der Waals surface area contributed by atoms with Crippen molar-refractivity contribution < 1.29 is 4.79 Å². The Labute approximate surface area is 83.5 Å². The monoisotopic (exact) mass is 189 g/mol. The topological polar surface area (TPSA) is 43.2 Å². The smallest absolute Gasteiger partial charge is 0.263 e. The van der Waals surface area contributed by atoms with Crippen molar-refractivity contribution in [2.24, 2.45) is 0 Å². The summed E-state index contributed by atoms with van der Waals surface area (Å²) in [6.45, 7) is 0.686. The molecule has 0 saturated carbocycles. The first-order valence-electron chi connectivity index (χ1n) is 4.89. The van der Waals surface area contributed by atoms with E-state index < -0.39 is 0 Å². The minimum Gasteiger partial charge on any atom is -0.374 e. The zero-order valence-corrected chi connectivity index (χ0v) is 7.94. The third-order valence-corrected chi connectivity index (χ3v) is 2.33. The maximum Gasteiger partial charge on any atom is 0.263 e. The number of hydrogen-bond donors (Lipinski definition) is 1. The lowest BCUT2D eigenvalue weighted by Crippen LogP contribution is -2.40. The molecule has 1 heterocycles. The molecule has 14 heavy (non-hydrogen) atoms. The maximum absolute atomic E-state index is 11.4. The van der Waals surface area contributed by atoms with E-state index in [9.17, 15) is 4.79 Å². The molecule has 1 radical (unpaired) electrons. The lowest BCUT2D eigenvalue weighted by atomic mass is 10.1. The summed E-state index contributed by atoms with van der Waals surface area (Å²) in [5.41, 5.74) is 0.989. The maximum atomic E-state index is 11.4. The van der Waals surface area contributed by atoms with Crippen LogP contribution in [-0.4, -0.2) is 18.5 Å². The second-order valence-corrected chi connectivity index (χ2v) is 3.43. The first-order valence-corrected chi connectivity index (χ1v) is 4.89. The Hall–Kier alpha value is -1.51. The van der Waals surface area contributed by atoms with Gasteiger partial charge >= 0.3 is 0 Å². The molecule has 1 aliphatic rings. The number of piperidine rings is 1. The van der Waals surface area contributed by atoms with E-state index in [1.165, 1.54) is 0 Å². The molecular weight excluding hydrogens is 176 g/mol. The molecule has 73 valence electrons. The zero-order chi connectivity index (χ0) is 9.80. The van der Waals surface area contributed by atoms with Gasteiger partial charge in [-0.15, -0.1) is 0 Å². The van der Waals surface area contributed by atoms with E-state index >= 15 is 0 Å². The molecule has 1 amide bonds. The molecular formula is C11H13N2O. The Kier molecular flexibility index (Phi) is 2.68. The van der Waals surface area contributed by atoms with Gasteiger partial charge in [0.1, 0.15) is 6.04 Å². The average molecular weight is 189 g/mol. The largest absolute Gasteiger partial charge is 0.374 e. The minimum absolute atomic E-state index is 0.0138. The predicted molar refractivity (Wildman–Crippen MR) is 55.1 cm³/mol. The molecule has 1 aliphatic heterocycles. The highest BCUT2D eigenvalue weighted by atomic mass is 16.2. The fraction of sp³-hybridized carbons (Fsp3) is 0.364. The zero-order valence-electron chi connectivity index (χ0n) is 7.94. The van der Waals surface area contributed by atoms with Crippen LogP contribution in [0.5, 0.6) is 0 Å². The van der Waals surface area contributed by atoms with Crippen molar-refractivity contribution in [2.75, 3.05) is 11.9 Å². The summed E-state index contributed by atoms with van der Waals surface area (Å²) in [6.07, 6.45) is 1.88. The highest BCUT2D eigenvalue weighted by Gasteiger charge is 2.22. The molecule has 0 spiro atoms. The van der Waals surface area contributed by atoms with Crippen LogP contribution >= 0.6 is 0 Å². The highest BCUT2D eigenvalue weighted by Crippen LogP contribution is 2.12. The summed E-state index contributed by atoms with van der Waals surface area (Å²) < 4.78 is 0. The molecule has 0 aromatic heterocycles. The Balaban J connectivity index is 2.00. The van der Waals surface area contributed by atoms with Gasteiger partial charge in [-0.2, -0.15) is 0 Å². The summed E-state index contributed by atoms with van der Waals surface area (Å²) in [4.78, 5) is 11.4. The molecule has 1 N–H and O–H groups in total. The summed E-state index contributed by atoms with van der Waals surface area (Å²) in [6, 6.07) is 9.66. The number of carbonyl (C=O) groups is 1. The Bertz CT molecular complexity index is 310. The molecule has 3 nitrogen and oxygen atoms in total. The molecule has 1 aromatic carbocycles. The summed E-state index contributed by atoms with van der Waals surface area (Å²) >= 11 is 0. The first-order chi connectivity index (χ1) is 6.86. The molecule has 0 bridgehead atoms. The molecule has 1 fully saturated rings. The van der Waals surface area contributed by atoms with Gasteiger partial charge in [-0.1, -0.05) is 18.2 Å². The Morgan fingerprint density at radius 3 is 2.79 bits per heavy atom. The summed E-state index contributed by atoms with van der Waals surface area (Å²) in [5, 5.41) is 7.09. The number of para-hydroxylation sites is 1. The van der Waals surface area contributed by atoms with E-state index in [1.54, 1.807) is 0 Å². The SMILES string of the molecule is O=C1[N]CCCC1Nc1ccccc1. The molecule has 2 rings (SSSR count). The normalized spacial score (nSPS) is 21.4. The fourth-order valence-corrected chi connectivity index (χ4v) is 1.59. The van der Waals surface area contributed by atoms with E-state index in [1.807, 2.05) is 30.3 Å². The standard InChI is InChI=1S/C11H13N2O/c14-11-10(7-4-8-12-11)13-9-5-2-1-3-6-9/h1-3,5-6,10,13H,4,7-8H2. The van der Waals surface area contributed by atoms with Gasteiger partial charge in [0.15, 0.2) is 0 Å². The van der Waals surface area contributed by atoms with Crippen LogP contribution < -0.4 is 10.6 Å². The van der Waals surface area contributed by atoms with Crippen molar-refractivity contribution >= 4 is 11.6 Å². The molecule has 0 aliphatic carbocycles. The Morgan fingerprint density at radius 1 is 1.29 bits per heavy atom. The average Bonchev–Trinajstić information content (AvgIpc) is 2.23. The Morgan fingerprint density at radius 2 is 2.07 bits per heavy atom. The fourth-order valence-electron chi connectivity index (χ4n) is 1.59. The van der Waals surface area contributed by atoms with Crippen LogP contribution in [0.4, 0.5) is 5.69 Å². The van der Waals surface area contributed by atoms with Gasteiger partial charge in [-0.3, -0.25) is 4.79 Å². The van der Waals surface area contributed by atoms with Crippen molar-refractivity contribution in [3.05, 3.63) is 30.3 Å². The van der Waals surface area contributed by atoms with Crippen LogP contribution in [0.3, 0.4) is 0 Å². The van der Waals surface area contributed by atoms with Gasteiger partial charge in [-0.05, 0) is 25.0 Å². The summed E-state index contributed by atoms with van der Waals surface area (Å²) in [7, 11) is 0. The van der Waals surface area contributed by atoms with Crippen molar-refractivity contribution in [1.82, 2.24) is 5.32 Å². The second-order valence-electron chi connectivity index (χ2n) is 3.43. The van der Waals surface area contributed by atoms with Gasteiger partial charge in [0, 0.05) is 12.2 Å². The quantitative estimate of drug-likeness (QED) is 0.764. The number of amides is 1. The molecule has 3 heteroatoms. The van der Waals surface area contributed by atoms with Crippen LogP contribution in [0.1, 0.15) is 12.8 Å². The third kappa shape index (κ3) is 2.05. The number of benzene rings is 1. The second kappa shape index (κ2) is 4.13. The van der Waals surface area contributed by atoms with E-state index in [-0.39, 0.29) is 11.9 Å². The number of carbonyl (C=O) groups excluding carboxylic acids is 1. The van der Waals surface area contributed by atoms with Crippen LogP contribution in [0, 0.1) is 0 Å². The molecule has 1 atom stereocenters. The minimum atomic E-state index is -0.119. The highest BCUT2D eigenvalue weighted by molar-refractivity contribution is 5.84. The first kappa shape index (κ1) is 9.06. The number of nitrogens with zero attached hydrogens (tertiary/aromatic N) is 1. The lowest BCUT2D eigenvalue weighted by molar-refractivity contribution is -0.123. The molecule has 1 unspecified atom stereocenters. The van der Waals surface area contributed by atoms with Crippen molar-refractivity contribution in [1.29, 1.82) is 0 Å². The van der Waals surface area contributed by atoms with Gasteiger partial charge in [0.2, 0.25) is 0 Å². The van der Waals surface area contributed by atoms with Crippen LogP contribution in [0.25, 0.3) is 0 Å². The van der Waals surface area contributed by atoms with E-state index in [0.29, 0.717) is 6.54 Å². The van der Waals surface area contributed by atoms with Crippen LogP contribution in [0.2, 0.25) is 0 Å². The van der Waals surface area contributed by atoms with Gasteiger partial charge in [0.05, 0.1) is 0 Å². The van der Waals surface area contributed by atoms with Crippen LogP contribution in [-0.2, 0) is 4.79 Å². The lowest BCUT2D eigenvalue weighted by Gasteiger charge is -2.21. The van der Waals surface area contributed by atoms with Gasteiger partial charge < -0.3 is 5.32 Å². The molecule has 1 saturated heterocycles. The number of anilines is 1. The third-order valence-electron chi connectivity index (χ3n) is 2.33. The van der Waals surface area contributed by atoms with Crippen molar-refractivity contribution in [2.45, 2.75) is 18.9 Å². The number of hydrogen-bond acceptors (Lipinski definition) is 2. The summed E-state index contributed by atoms with van der Waals surface area (Å²) in [5.74, 6) is -0.0138. The van der Waals surface area contributed by atoms with Gasteiger partial charge in [-0.25, -0.2) is 5.32 Å². The van der Waals surface area contributed by atoms with E-state index in [4.69, 9.17) is 0 Å². The van der Waals surface area contributed by atoms with Gasteiger partial charge in [0.25, 0.3) is 5.91 Å². The number of nitrogens with one attached hydrogen (secondary N) is 1. The van der Waals surface area contributed by atoms with Crippen LogP contribution in [0.15, 0.2) is 30.3 Å². The molecule has 1 aromatic rings. The predicted octanol–water partition coefficient (Wildman–Crippen LogP) is 1.39. The van der Waals surface area contributed by atoms with Crippen molar-refractivity contribution in [3.63, 3.8) is 0 Å². The number of rotatable bonds is 2.